The van der Waals surface area contributed by atoms with E-state index in [0.717, 1.165) is 12.0 Å². The van der Waals surface area contributed by atoms with Crippen LogP contribution in [0.5, 0.6) is 0 Å². The Morgan fingerprint density at radius 3 is 2.50 bits per heavy atom. The van der Waals surface area contributed by atoms with Gasteiger partial charge < -0.3 is 5.32 Å². The zero-order valence-corrected chi connectivity index (χ0v) is 5.19. The molecule has 1 aliphatic heterocycles. The fraction of sp³-hybridized carbons (Fsp3) is 1.00. The van der Waals surface area contributed by atoms with Crippen LogP contribution in [0, 0.1) is 5.92 Å². The van der Waals surface area contributed by atoms with Crippen LogP contribution >= 0.6 is 0 Å². The summed E-state index contributed by atoms with van der Waals surface area (Å²) in [6.07, 6.45) is 5.99. The molecule has 1 atom stereocenters. The molecule has 2 fully saturated rings. The summed E-state index contributed by atoms with van der Waals surface area (Å²) in [5, 5.41) is 3.33. The maximum Gasteiger partial charge on any atom is 0.0195 e. The van der Waals surface area contributed by atoms with Crippen LogP contribution in [-0.2, 0) is 0 Å². The van der Waals surface area contributed by atoms with E-state index < -0.39 is 0 Å². The van der Waals surface area contributed by atoms with Gasteiger partial charge in [-0.05, 0) is 12.3 Å². The van der Waals surface area contributed by atoms with E-state index >= 15 is 0 Å². The monoisotopic (exact) mass is 111 g/mol. The molecule has 0 amide bonds. The van der Waals surface area contributed by atoms with Gasteiger partial charge in [0.2, 0.25) is 0 Å². The maximum atomic E-state index is 3.33. The first-order valence-electron chi connectivity index (χ1n) is 3.68. The van der Waals surface area contributed by atoms with Crippen LogP contribution in [0.1, 0.15) is 25.7 Å². The lowest BCUT2D eigenvalue weighted by molar-refractivity contribution is 0.295. The molecule has 1 aliphatic carbocycles. The lowest BCUT2D eigenvalue weighted by atomic mass is 9.82. The Balaban J connectivity index is 1.66. The molecule has 0 aromatic rings. The number of hydrogen-bond acceptors (Lipinski definition) is 1. The Morgan fingerprint density at radius 2 is 2.12 bits per heavy atom. The van der Waals surface area contributed by atoms with Gasteiger partial charge in [0, 0.05) is 12.6 Å². The number of rotatable bonds is 2. The van der Waals surface area contributed by atoms with Gasteiger partial charge in [-0.2, -0.15) is 0 Å². The molecule has 1 unspecified atom stereocenters. The van der Waals surface area contributed by atoms with Crippen LogP contribution in [0.4, 0.5) is 0 Å². The van der Waals surface area contributed by atoms with E-state index in [2.05, 4.69) is 5.32 Å². The van der Waals surface area contributed by atoms with Gasteiger partial charge in [0.25, 0.3) is 0 Å². The second-order valence-electron chi connectivity index (χ2n) is 3.14. The van der Waals surface area contributed by atoms with Crippen molar-refractivity contribution in [2.45, 2.75) is 31.7 Å². The average Bonchev–Trinajstić information content (AvgIpc) is 2.36. The molecule has 2 rings (SSSR count). The highest BCUT2D eigenvalue weighted by Crippen LogP contribution is 2.31. The average molecular weight is 111 g/mol. The van der Waals surface area contributed by atoms with Crippen LogP contribution in [0.3, 0.4) is 0 Å². The van der Waals surface area contributed by atoms with Gasteiger partial charge in [0.15, 0.2) is 0 Å². The molecule has 0 bridgehead atoms. The summed E-state index contributed by atoms with van der Waals surface area (Å²) in [7, 11) is 0. The molecule has 0 spiro atoms. The fourth-order valence-electron chi connectivity index (χ4n) is 1.38. The van der Waals surface area contributed by atoms with E-state index in [-0.39, 0.29) is 0 Å². The van der Waals surface area contributed by atoms with E-state index in [4.69, 9.17) is 0 Å². The minimum absolute atomic E-state index is 0.931. The minimum atomic E-state index is 0.931. The molecule has 1 heterocycles. The molecule has 0 radical (unpaired) electrons. The van der Waals surface area contributed by atoms with Crippen molar-refractivity contribution >= 4 is 0 Å². The molecule has 1 heteroatoms. The summed E-state index contributed by atoms with van der Waals surface area (Å²) in [4.78, 5) is 0. The molecule has 46 valence electrons. The first-order chi connectivity index (χ1) is 3.95. The lowest BCUT2D eigenvalue weighted by Crippen LogP contribution is -2.13. The third-order valence-electron chi connectivity index (χ3n) is 2.34. The standard InChI is InChI=1S/C7H13N/c1-2-6(3-1)4-7-5-8-7/h6-8H,1-5H2. The van der Waals surface area contributed by atoms with Gasteiger partial charge >= 0.3 is 0 Å². The highest BCUT2D eigenvalue weighted by molar-refractivity contribution is 4.87. The van der Waals surface area contributed by atoms with Crippen molar-refractivity contribution in [2.75, 3.05) is 6.54 Å². The molecule has 8 heavy (non-hydrogen) atoms. The van der Waals surface area contributed by atoms with E-state index in [1.807, 2.05) is 0 Å². The zero-order valence-electron chi connectivity index (χ0n) is 5.19. The Bertz CT molecular complexity index is 82.4. The molecule has 1 N–H and O–H groups in total. The Kier molecular flexibility index (Phi) is 1.04. The molecule has 1 nitrogen and oxygen atoms in total. The van der Waals surface area contributed by atoms with Crippen LogP contribution in [0.25, 0.3) is 0 Å². The van der Waals surface area contributed by atoms with Crippen molar-refractivity contribution in [2.24, 2.45) is 5.92 Å². The van der Waals surface area contributed by atoms with E-state index in [1.165, 1.54) is 32.2 Å². The van der Waals surface area contributed by atoms with E-state index in [9.17, 15) is 0 Å². The van der Waals surface area contributed by atoms with Gasteiger partial charge in [0.1, 0.15) is 0 Å². The second-order valence-corrected chi connectivity index (χ2v) is 3.14. The first kappa shape index (κ1) is 4.80. The molecule has 0 aromatic carbocycles. The van der Waals surface area contributed by atoms with Crippen LogP contribution in [0.15, 0.2) is 0 Å². The largest absolute Gasteiger partial charge is 0.311 e. The highest BCUT2D eigenvalue weighted by Gasteiger charge is 2.27. The molecular weight excluding hydrogens is 98.1 g/mol. The fourth-order valence-corrected chi connectivity index (χ4v) is 1.38. The SMILES string of the molecule is C1CC(CC2CN2)C1. The Labute approximate surface area is 50.5 Å². The third kappa shape index (κ3) is 0.873. The normalized spacial score (nSPS) is 36.8. The zero-order chi connectivity index (χ0) is 5.40. The van der Waals surface area contributed by atoms with Crippen LogP contribution in [-0.4, -0.2) is 12.6 Å². The number of nitrogens with one attached hydrogen (secondary N) is 1. The molecule has 2 aliphatic rings. The molecular formula is C7H13N. The predicted molar refractivity (Wildman–Crippen MR) is 33.7 cm³/mol. The summed E-state index contributed by atoms with van der Waals surface area (Å²) < 4.78 is 0. The summed E-state index contributed by atoms with van der Waals surface area (Å²) in [5.74, 6) is 1.11. The molecule has 1 saturated heterocycles. The van der Waals surface area contributed by atoms with Gasteiger partial charge in [-0.3, -0.25) is 0 Å². The van der Waals surface area contributed by atoms with Gasteiger partial charge in [-0.25, -0.2) is 0 Å². The Hall–Kier alpha value is -0.0400. The topological polar surface area (TPSA) is 21.9 Å². The lowest BCUT2D eigenvalue weighted by Gasteiger charge is -2.24. The quantitative estimate of drug-likeness (QED) is 0.530. The van der Waals surface area contributed by atoms with Gasteiger partial charge in [-0.15, -0.1) is 0 Å². The predicted octanol–water partition coefficient (Wildman–Crippen LogP) is 1.15. The highest BCUT2D eigenvalue weighted by atomic mass is 15.1. The summed E-state index contributed by atoms with van der Waals surface area (Å²) >= 11 is 0. The Morgan fingerprint density at radius 1 is 1.38 bits per heavy atom. The maximum absolute atomic E-state index is 3.33. The van der Waals surface area contributed by atoms with Crippen LogP contribution in [0.2, 0.25) is 0 Å². The minimum Gasteiger partial charge on any atom is -0.311 e. The first-order valence-corrected chi connectivity index (χ1v) is 3.68. The molecule has 1 saturated carbocycles. The molecule has 0 aromatic heterocycles. The summed E-state index contributed by atoms with van der Waals surface area (Å²) in [5.41, 5.74) is 0. The van der Waals surface area contributed by atoms with E-state index in [0.29, 0.717) is 0 Å². The van der Waals surface area contributed by atoms with Gasteiger partial charge in [-0.1, -0.05) is 19.3 Å². The van der Waals surface area contributed by atoms with Crippen molar-refractivity contribution in [1.82, 2.24) is 5.32 Å². The van der Waals surface area contributed by atoms with Crippen molar-refractivity contribution in [3.8, 4) is 0 Å². The number of hydrogen-bond donors (Lipinski definition) is 1. The van der Waals surface area contributed by atoms with Crippen molar-refractivity contribution in [3.05, 3.63) is 0 Å². The van der Waals surface area contributed by atoms with Crippen LogP contribution < -0.4 is 5.32 Å². The van der Waals surface area contributed by atoms with Crippen molar-refractivity contribution in [3.63, 3.8) is 0 Å². The second kappa shape index (κ2) is 1.73. The smallest absolute Gasteiger partial charge is 0.0195 e. The van der Waals surface area contributed by atoms with Crippen molar-refractivity contribution < 1.29 is 0 Å². The van der Waals surface area contributed by atoms with Gasteiger partial charge in [0.05, 0.1) is 0 Å². The summed E-state index contributed by atoms with van der Waals surface area (Å²) in [6, 6.07) is 0.931. The van der Waals surface area contributed by atoms with E-state index in [1.54, 1.807) is 0 Å². The summed E-state index contributed by atoms with van der Waals surface area (Å²) in [6.45, 7) is 1.30. The van der Waals surface area contributed by atoms with Crippen molar-refractivity contribution in [1.29, 1.82) is 0 Å². The third-order valence-corrected chi connectivity index (χ3v) is 2.34.